The first-order chi connectivity index (χ1) is 13.7. The molecular formula is C21H36IN5O2. The lowest BCUT2D eigenvalue weighted by atomic mass is 9.94. The first-order valence-electron chi connectivity index (χ1n) is 10.8. The minimum Gasteiger partial charge on any atom is -0.459 e. The predicted octanol–water partition coefficient (Wildman–Crippen LogP) is 2.74. The van der Waals surface area contributed by atoms with E-state index in [1.165, 1.54) is 38.9 Å². The molecule has 0 radical (unpaired) electrons. The summed E-state index contributed by atoms with van der Waals surface area (Å²) in [7, 11) is 0. The molecule has 0 saturated carbocycles. The lowest BCUT2D eigenvalue weighted by Gasteiger charge is -2.36. The van der Waals surface area contributed by atoms with E-state index >= 15 is 0 Å². The zero-order chi connectivity index (χ0) is 19.8. The second-order valence-electron chi connectivity index (χ2n) is 7.66. The molecule has 29 heavy (non-hydrogen) atoms. The summed E-state index contributed by atoms with van der Waals surface area (Å²) in [6.45, 7) is 12.7. The molecule has 7 nitrogen and oxygen atoms in total. The number of piperazine rings is 1. The van der Waals surface area contributed by atoms with Crippen LogP contribution in [0.3, 0.4) is 0 Å². The van der Waals surface area contributed by atoms with Gasteiger partial charge in [-0.15, -0.1) is 24.0 Å². The maximum Gasteiger partial charge on any atom is 0.289 e. The molecule has 2 aliphatic heterocycles. The van der Waals surface area contributed by atoms with Crippen LogP contribution >= 0.6 is 24.0 Å². The van der Waals surface area contributed by atoms with E-state index in [9.17, 15) is 4.79 Å². The third-order valence-electron chi connectivity index (χ3n) is 5.89. The van der Waals surface area contributed by atoms with Gasteiger partial charge in [-0.2, -0.15) is 0 Å². The Morgan fingerprint density at radius 3 is 2.41 bits per heavy atom. The molecule has 3 heterocycles. The number of carbonyl (C=O) groups excluding carboxylic acids is 1. The van der Waals surface area contributed by atoms with Crippen LogP contribution in [-0.2, 0) is 0 Å². The van der Waals surface area contributed by atoms with E-state index in [4.69, 9.17) is 9.41 Å². The average Bonchev–Trinajstić information content (AvgIpc) is 3.28. The molecule has 1 N–H and O–H groups in total. The molecule has 0 atom stereocenters. The van der Waals surface area contributed by atoms with Crippen LogP contribution in [0.2, 0.25) is 0 Å². The van der Waals surface area contributed by atoms with Crippen molar-refractivity contribution in [2.45, 2.75) is 33.1 Å². The molecular weight excluding hydrogens is 481 g/mol. The number of likely N-dealkylation sites (tertiary alicyclic amines) is 1. The van der Waals surface area contributed by atoms with Gasteiger partial charge in [-0.25, -0.2) is 0 Å². The molecule has 2 saturated heterocycles. The molecule has 1 aromatic heterocycles. The van der Waals surface area contributed by atoms with Gasteiger partial charge in [-0.1, -0.05) is 6.92 Å². The molecule has 1 aromatic rings. The maximum atomic E-state index is 12.4. The first kappa shape index (κ1) is 24.0. The van der Waals surface area contributed by atoms with E-state index in [1.807, 2.05) is 4.90 Å². The number of hydrogen-bond acceptors (Lipinski definition) is 4. The number of nitrogens with zero attached hydrogens (tertiary/aromatic N) is 4. The van der Waals surface area contributed by atoms with Gasteiger partial charge >= 0.3 is 0 Å². The fourth-order valence-electron chi connectivity index (χ4n) is 4.05. The minimum atomic E-state index is -0.0231. The molecule has 2 fully saturated rings. The number of halogens is 1. The van der Waals surface area contributed by atoms with E-state index in [-0.39, 0.29) is 29.9 Å². The molecule has 164 valence electrons. The Balaban J connectivity index is 0.00000300. The number of nitrogens with one attached hydrogen (secondary N) is 1. The van der Waals surface area contributed by atoms with Gasteiger partial charge in [0.15, 0.2) is 11.7 Å². The summed E-state index contributed by atoms with van der Waals surface area (Å²) in [6.07, 6.45) is 5.32. The summed E-state index contributed by atoms with van der Waals surface area (Å²) >= 11 is 0. The molecule has 3 rings (SSSR count). The monoisotopic (exact) mass is 517 g/mol. The van der Waals surface area contributed by atoms with Crippen LogP contribution in [-0.4, -0.2) is 85.5 Å². The Labute approximate surface area is 191 Å². The quantitative estimate of drug-likeness (QED) is 0.357. The summed E-state index contributed by atoms with van der Waals surface area (Å²) < 4.78 is 5.24. The Morgan fingerprint density at radius 2 is 1.83 bits per heavy atom. The Hall–Kier alpha value is -1.29. The number of hydrogen-bond donors (Lipinski definition) is 1. The molecule has 2 aliphatic rings. The molecule has 0 aliphatic carbocycles. The van der Waals surface area contributed by atoms with Gasteiger partial charge in [0.25, 0.3) is 5.91 Å². The Morgan fingerprint density at radius 1 is 1.14 bits per heavy atom. The fraction of sp³-hybridized carbons (Fsp3) is 0.714. The molecule has 8 heteroatoms. The van der Waals surface area contributed by atoms with Crippen LogP contribution < -0.4 is 5.32 Å². The summed E-state index contributed by atoms with van der Waals surface area (Å²) in [5.74, 6) is 2.18. The number of rotatable bonds is 6. The van der Waals surface area contributed by atoms with Crippen LogP contribution in [0.1, 0.15) is 43.7 Å². The molecule has 1 amide bonds. The minimum absolute atomic E-state index is 0. The second kappa shape index (κ2) is 12.4. The third-order valence-corrected chi connectivity index (χ3v) is 5.89. The van der Waals surface area contributed by atoms with Crippen molar-refractivity contribution in [3.05, 3.63) is 24.2 Å². The topological polar surface area (TPSA) is 64.3 Å². The van der Waals surface area contributed by atoms with E-state index in [1.54, 1.807) is 18.4 Å². The summed E-state index contributed by atoms with van der Waals surface area (Å²) in [6, 6.07) is 3.48. The standard InChI is InChI=1S/C21H35N5O2.HI/c1-3-22-21(23-10-7-18-8-11-24(4-2)12-9-18)26-15-13-25(14-16-26)20(27)19-6-5-17-28-19;/h5-6,17-18H,3-4,7-16H2,1-2H3,(H,22,23);1H. The van der Waals surface area contributed by atoms with Crippen molar-refractivity contribution >= 4 is 35.8 Å². The largest absolute Gasteiger partial charge is 0.459 e. The molecule has 0 unspecified atom stereocenters. The lowest BCUT2D eigenvalue weighted by Crippen LogP contribution is -2.53. The average molecular weight is 517 g/mol. The lowest BCUT2D eigenvalue weighted by molar-refractivity contribution is 0.0657. The van der Waals surface area contributed by atoms with Gasteiger partial charge in [0.1, 0.15) is 0 Å². The summed E-state index contributed by atoms with van der Waals surface area (Å²) in [4.78, 5) is 24.0. The van der Waals surface area contributed by atoms with Crippen molar-refractivity contribution in [1.29, 1.82) is 0 Å². The van der Waals surface area contributed by atoms with Crippen molar-refractivity contribution in [3.8, 4) is 0 Å². The van der Waals surface area contributed by atoms with Gasteiger partial charge in [-0.3, -0.25) is 9.79 Å². The van der Waals surface area contributed by atoms with Crippen LogP contribution in [0, 0.1) is 5.92 Å². The summed E-state index contributed by atoms with van der Waals surface area (Å²) in [5.41, 5.74) is 0. The van der Waals surface area contributed by atoms with E-state index in [0.717, 1.165) is 38.1 Å². The number of piperidine rings is 1. The van der Waals surface area contributed by atoms with Crippen molar-refractivity contribution < 1.29 is 9.21 Å². The first-order valence-corrected chi connectivity index (χ1v) is 10.8. The molecule has 0 aromatic carbocycles. The van der Waals surface area contributed by atoms with Crippen molar-refractivity contribution in [2.24, 2.45) is 10.9 Å². The van der Waals surface area contributed by atoms with E-state index < -0.39 is 0 Å². The number of furan rings is 1. The number of aliphatic imine (C=N–C) groups is 1. The van der Waals surface area contributed by atoms with Crippen molar-refractivity contribution in [1.82, 2.24) is 20.0 Å². The Kier molecular flexibility index (Phi) is 10.3. The second-order valence-corrected chi connectivity index (χ2v) is 7.66. The fourth-order valence-corrected chi connectivity index (χ4v) is 4.05. The van der Waals surface area contributed by atoms with Gasteiger partial charge < -0.3 is 24.4 Å². The van der Waals surface area contributed by atoms with Crippen LogP contribution in [0.15, 0.2) is 27.8 Å². The van der Waals surface area contributed by atoms with Gasteiger partial charge in [-0.05, 0) is 63.9 Å². The predicted molar refractivity (Wildman–Crippen MR) is 127 cm³/mol. The number of amides is 1. The van der Waals surface area contributed by atoms with E-state index in [2.05, 4.69) is 29.0 Å². The highest BCUT2D eigenvalue weighted by Crippen LogP contribution is 2.20. The van der Waals surface area contributed by atoms with E-state index in [0.29, 0.717) is 18.8 Å². The van der Waals surface area contributed by atoms with Gasteiger partial charge in [0.05, 0.1) is 6.26 Å². The third kappa shape index (κ3) is 6.87. The molecule has 0 bridgehead atoms. The number of carbonyl (C=O) groups is 1. The maximum absolute atomic E-state index is 12.4. The zero-order valence-electron chi connectivity index (χ0n) is 17.8. The van der Waals surface area contributed by atoms with Gasteiger partial charge in [0.2, 0.25) is 0 Å². The van der Waals surface area contributed by atoms with Crippen LogP contribution in [0.5, 0.6) is 0 Å². The number of guanidine groups is 1. The SMILES string of the molecule is CCNC(=NCCC1CCN(CC)CC1)N1CCN(C(=O)c2ccco2)CC1.I. The Bertz CT molecular complexity index is 621. The molecule has 0 spiro atoms. The normalized spacial score (nSPS) is 19.2. The summed E-state index contributed by atoms with van der Waals surface area (Å²) in [5, 5.41) is 3.42. The highest BCUT2D eigenvalue weighted by molar-refractivity contribution is 14.0. The van der Waals surface area contributed by atoms with Crippen molar-refractivity contribution in [3.63, 3.8) is 0 Å². The van der Waals surface area contributed by atoms with Crippen molar-refractivity contribution in [2.75, 3.05) is 58.9 Å². The zero-order valence-corrected chi connectivity index (χ0v) is 20.1. The smallest absolute Gasteiger partial charge is 0.289 e. The van der Waals surface area contributed by atoms with Gasteiger partial charge in [0, 0.05) is 39.3 Å². The highest BCUT2D eigenvalue weighted by atomic mass is 127. The highest BCUT2D eigenvalue weighted by Gasteiger charge is 2.25. The van der Waals surface area contributed by atoms with Crippen LogP contribution in [0.25, 0.3) is 0 Å². The van der Waals surface area contributed by atoms with Crippen LogP contribution in [0.4, 0.5) is 0 Å².